The SMILES string of the molecule is O=C(NC[C@H]1CCc2ccccc2O1)c1cnn2c1CCCC2. The lowest BCUT2D eigenvalue weighted by Crippen LogP contribution is -2.37. The summed E-state index contributed by atoms with van der Waals surface area (Å²) in [6.45, 7) is 1.46. The van der Waals surface area contributed by atoms with E-state index in [4.69, 9.17) is 4.74 Å². The monoisotopic (exact) mass is 311 g/mol. The molecule has 5 nitrogen and oxygen atoms in total. The first-order valence-corrected chi connectivity index (χ1v) is 8.39. The Balaban J connectivity index is 1.38. The van der Waals surface area contributed by atoms with Gasteiger partial charge in [-0.1, -0.05) is 18.2 Å². The van der Waals surface area contributed by atoms with E-state index in [0.29, 0.717) is 6.54 Å². The molecule has 1 aromatic carbocycles. The second kappa shape index (κ2) is 6.07. The fraction of sp³-hybridized carbons (Fsp3) is 0.444. The predicted molar refractivity (Wildman–Crippen MR) is 86.7 cm³/mol. The number of hydrogen-bond donors (Lipinski definition) is 1. The van der Waals surface area contributed by atoms with Crippen molar-refractivity contribution in [3.63, 3.8) is 0 Å². The first kappa shape index (κ1) is 14.3. The predicted octanol–water partition coefficient (Wildman–Crippen LogP) is 2.34. The van der Waals surface area contributed by atoms with Gasteiger partial charge in [0.2, 0.25) is 0 Å². The van der Waals surface area contributed by atoms with E-state index in [1.165, 1.54) is 5.56 Å². The molecule has 0 saturated heterocycles. The molecule has 1 N–H and O–H groups in total. The lowest BCUT2D eigenvalue weighted by atomic mass is 10.0. The van der Waals surface area contributed by atoms with E-state index in [-0.39, 0.29) is 12.0 Å². The fourth-order valence-corrected chi connectivity index (χ4v) is 3.44. The third-order valence-corrected chi connectivity index (χ3v) is 4.72. The number of para-hydroxylation sites is 1. The zero-order valence-corrected chi connectivity index (χ0v) is 13.1. The van der Waals surface area contributed by atoms with Crippen LogP contribution in [0.25, 0.3) is 0 Å². The number of fused-ring (bicyclic) bond motifs is 2. The van der Waals surface area contributed by atoms with Crippen LogP contribution in [0.4, 0.5) is 0 Å². The van der Waals surface area contributed by atoms with Gasteiger partial charge in [0.15, 0.2) is 0 Å². The smallest absolute Gasteiger partial charge is 0.254 e. The average molecular weight is 311 g/mol. The summed E-state index contributed by atoms with van der Waals surface area (Å²) in [6.07, 6.45) is 6.90. The topological polar surface area (TPSA) is 56.1 Å². The van der Waals surface area contributed by atoms with E-state index in [0.717, 1.165) is 55.7 Å². The summed E-state index contributed by atoms with van der Waals surface area (Å²) in [5.74, 6) is 0.913. The molecule has 1 atom stereocenters. The fourth-order valence-electron chi connectivity index (χ4n) is 3.44. The molecule has 0 spiro atoms. The van der Waals surface area contributed by atoms with Crippen LogP contribution in [-0.2, 0) is 19.4 Å². The summed E-state index contributed by atoms with van der Waals surface area (Å²) in [4.78, 5) is 12.4. The molecule has 0 unspecified atom stereocenters. The van der Waals surface area contributed by atoms with Crippen LogP contribution >= 0.6 is 0 Å². The second-order valence-electron chi connectivity index (χ2n) is 6.28. The summed E-state index contributed by atoms with van der Waals surface area (Å²) in [6, 6.07) is 8.12. The summed E-state index contributed by atoms with van der Waals surface area (Å²) in [5.41, 5.74) is 3.05. The normalized spacial score (nSPS) is 19.4. The highest BCUT2D eigenvalue weighted by molar-refractivity contribution is 5.95. The van der Waals surface area contributed by atoms with Crippen LogP contribution in [-0.4, -0.2) is 28.3 Å². The number of aryl methyl sites for hydroxylation is 2. The van der Waals surface area contributed by atoms with Gasteiger partial charge in [-0.3, -0.25) is 9.48 Å². The Labute approximate surface area is 135 Å². The van der Waals surface area contributed by atoms with Crippen LogP contribution in [0, 0.1) is 0 Å². The van der Waals surface area contributed by atoms with Gasteiger partial charge in [0.1, 0.15) is 11.9 Å². The number of carbonyl (C=O) groups excluding carboxylic acids is 1. The summed E-state index contributed by atoms with van der Waals surface area (Å²) >= 11 is 0. The molecule has 2 aromatic rings. The van der Waals surface area contributed by atoms with Crippen LogP contribution < -0.4 is 10.1 Å². The molecule has 3 heterocycles. The largest absolute Gasteiger partial charge is 0.488 e. The van der Waals surface area contributed by atoms with E-state index in [1.807, 2.05) is 22.9 Å². The zero-order valence-electron chi connectivity index (χ0n) is 13.1. The van der Waals surface area contributed by atoms with Crippen molar-refractivity contribution in [1.82, 2.24) is 15.1 Å². The van der Waals surface area contributed by atoms with Gasteiger partial charge in [0.25, 0.3) is 5.91 Å². The second-order valence-corrected chi connectivity index (χ2v) is 6.28. The van der Waals surface area contributed by atoms with E-state index in [9.17, 15) is 4.79 Å². The van der Waals surface area contributed by atoms with Gasteiger partial charge in [0, 0.05) is 6.54 Å². The lowest BCUT2D eigenvalue weighted by molar-refractivity contribution is 0.0917. The van der Waals surface area contributed by atoms with Crippen LogP contribution in [0.5, 0.6) is 5.75 Å². The molecule has 1 amide bonds. The number of hydrogen-bond acceptors (Lipinski definition) is 3. The molecule has 1 aromatic heterocycles. The van der Waals surface area contributed by atoms with E-state index < -0.39 is 0 Å². The Morgan fingerprint density at radius 2 is 2.22 bits per heavy atom. The molecule has 23 heavy (non-hydrogen) atoms. The first-order chi connectivity index (χ1) is 11.3. The van der Waals surface area contributed by atoms with Gasteiger partial charge in [-0.15, -0.1) is 0 Å². The van der Waals surface area contributed by atoms with Crippen molar-refractivity contribution in [2.24, 2.45) is 0 Å². The highest BCUT2D eigenvalue weighted by atomic mass is 16.5. The van der Waals surface area contributed by atoms with Gasteiger partial charge in [-0.25, -0.2) is 0 Å². The van der Waals surface area contributed by atoms with Gasteiger partial charge in [-0.2, -0.15) is 5.10 Å². The standard InChI is InChI=1S/C18H21N3O2/c22-18(15-12-20-21-10-4-3-6-16(15)21)19-11-14-9-8-13-5-1-2-7-17(13)23-14/h1-2,5,7,12,14H,3-4,6,8-11H2,(H,19,22)/t14-/m1/s1. The summed E-state index contributed by atoms with van der Waals surface area (Å²) in [7, 11) is 0. The number of rotatable bonds is 3. The van der Waals surface area contributed by atoms with Crippen LogP contribution in [0.2, 0.25) is 0 Å². The molecule has 2 aliphatic heterocycles. The molecule has 0 fully saturated rings. The van der Waals surface area contributed by atoms with Crippen molar-refractivity contribution in [2.45, 2.75) is 44.8 Å². The Bertz CT molecular complexity index is 723. The van der Waals surface area contributed by atoms with Crippen molar-refractivity contribution in [3.8, 4) is 5.75 Å². The minimum atomic E-state index is -0.0318. The highest BCUT2D eigenvalue weighted by Crippen LogP contribution is 2.26. The third kappa shape index (κ3) is 2.83. The molecule has 120 valence electrons. The zero-order chi connectivity index (χ0) is 15.6. The number of nitrogens with zero attached hydrogens (tertiary/aromatic N) is 2. The maximum atomic E-state index is 12.4. The quantitative estimate of drug-likeness (QED) is 0.946. The summed E-state index contributed by atoms with van der Waals surface area (Å²) in [5, 5.41) is 7.35. The Hall–Kier alpha value is -2.30. The van der Waals surface area contributed by atoms with Crippen LogP contribution in [0.15, 0.2) is 30.5 Å². The molecule has 4 rings (SSSR count). The van der Waals surface area contributed by atoms with Gasteiger partial charge >= 0.3 is 0 Å². The number of nitrogens with one attached hydrogen (secondary N) is 1. The molecular formula is C18H21N3O2. The van der Waals surface area contributed by atoms with E-state index in [1.54, 1.807) is 6.20 Å². The summed E-state index contributed by atoms with van der Waals surface area (Å²) < 4.78 is 7.94. The van der Waals surface area contributed by atoms with Crippen LogP contribution in [0.3, 0.4) is 0 Å². The molecule has 0 bridgehead atoms. The number of amides is 1. The highest BCUT2D eigenvalue weighted by Gasteiger charge is 2.23. The number of ether oxygens (including phenoxy) is 1. The van der Waals surface area contributed by atoms with E-state index in [2.05, 4.69) is 16.5 Å². The number of aromatic nitrogens is 2. The van der Waals surface area contributed by atoms with Crippen molar-refractivity contribution in [1.29, 1.82) is 0 Å². The molecule has 2 aliphatic rings. The average Bonchev–Trinajstić information content (AvgIpc) is 3.03. The Kier molecular flexibility index (Phi) is 3.77. The Morgan fingerprint density at radius 1 is 1.30 bits per heavy atom. The van der Waals surface area contributed by atoms with Crippen molar-refractivity contribution < 1.29 is 9.53 Å². The van der Waals surface area contributed by atoms with Crippen LogP contribution in [0.1, 0.15) is 40.9 Å². The molecule has 0 aliphatic carbocycles. The molecule has 0 saturated carbocycles. The van der Waals surface area contributed by atoms with Gasteiger partial charge < -0.3 is 10.1 Å². The van der Waals surface area contributed by atoms with Gasteiger partial charge in [-0.05, 0) is 43.7 Å². The minimum Gasteiger partial charge on any atom is -0.488 e. The van der Waals surface area contributed by atoms with Gasteiger partial charge in [0.05, 0.1) is 24.0 Å². The van der Waals surface area contributed by atoms with Crippen molar-refractivity contribution in [2.75, 3.05) is 6.54 Å². The number of benzene rings is 1. The maximum Gasteiger partial charge on any atom is 0.254 e. The number of carbonyl (C=O) groups is 1. The Morgan fingerprint density at radius 3 is 3.17 bits per heavy atom. The van der Waals surface area contributed by atoms with Crippen molar-refractivity contribution >= 4 is 5.91 Å². The van der Waals surface area contributed by atoms with Crippen molar-refractivity contribution in [3.05, 3.63) is 47.3 Å². The molecule has 0 radical (unpaired) electrons. The van der Waals surface area contributed by atoms with E-state index >= 15 is 0 Å². The third-order valence-electron chi connectivity index (χ3n) is 4.72. The lowest BCUT2D eigenvalue weighted by Gasteiger charge is -2.26. The molecule has 5 heteroatoms. The minimum absolute atomic E-state index is 0.0318. The first-order valence-electron chi connectivity index (χ1n) is 8.39. The molecular weight excluding hydrogens is 290 g/mol. The maximum absolute atomic E-state index is 12.4.